The van der Waals surface area contributed by atoms with Gasteiger partial charge >= 0.3 is 5.97 Å². The van der Waals surface area contributed by atoms with Crippen LogP contribution in [-0.4, -0.2) is 31.8 Å². The SMILES string of the molecule is O=C(O)CCCS(=O)(=O)NCC1CC1. The summed E-state index contributed by atoms with van der Waals surface area (Å²) in [5.41, 5.74) is 0. The Labute approximate surface area is 83.6 Å². The van der Waals surface area contributed by atoms with E-state index >= 15 is 0 Å². The Kier molecular flexibility index (Phi) is 3.88. The van der Waals surface area contributed by atoms with Crippen molar-refractivity contribution >= 4 is 16.0 Å². The molecule has 0 heterocycles. The summed E-state index contributed by atoms with van der Waals surface area (Å²) in [6.07, 6.45) is 2.27. The molecule has 6 heteroatoms. The van der Waals surface area contributed by atoms with E-state index in [9.17, 15) is 13.2 Å². The van der Waals surface area contributed by atoms with Gasteiger partial charge in [-0.3, -0.25) is 4.79 Å². The van der Waals surface area contributed by atoms with Gasteiger partial charge in [0, 0.05) is 13.0 Å². The Morgan fingerprint density at radius 2 is 2.07 bits per heavy atom. The van der Waals surface area contributed by atoms with E-state index in [0.29, 0.717) is 12.5 Å². The Balaban J connectivity index is 2.15. The van der Waals surface area contributed by atoms with Crippen LogP contribution in [-0.2, 0) is 14.8 Å². The van der Waals surface area contributed by atoms with Crippen LogP contribution in [0.5, 0.6) is 0 Å². The lowest BCUT2D eigenvalue weighted by atomic mass is 10.3. The summed E-state index contributed by atoms with van der Waals surface area (Å²) in [5, 5.41) is 8.32. The van der Waals surface area contributed by atoms with E-state index in [2.05, 4.69) is 4.72 Å². The lowest BCUT2D eigenvalue weighted by Crippen LogP contribution is -2.28. The van der Waals surface area contributed by atoms with Gasteiger partial charge in [0.05, 0.1) is 5.75 Å². The number of sulfonamides is 1. The Bertz CT molecular complexity index is 294. The summed E-state index contributed by atoms with van der Waals surface area (Å²) in [7, 11) is -3.25. The highest BCUT2D eigenvalue weighted by atomic mass is 32.2. The zero-order valence-corrected chi connectivity index (χ0v) is 8.72. The van der Waals surface area contributed by atoms with E-state index in [4.69, 9.17) is 5.11 Å². The minimum Gasteiger partial charge on any atom is -0.481 e. The second kappa shape index (κ2) is 4.75. The highest BCUT2D eigenvalue weighted by Crippen LogP contribution is 2.27. The summed E-state index contributed by atoms with van der Waals surface area (Å²) < 4.78 is 25.0. The van der Waals surface area contributed by atoms with Gasteiger partial charge in [-0.25, -0.2) is 13.1 Å². The highest BCUT2D eigenvalue weighted by Gasteiger charge is 2.23. The van der Waals surface area contributed by atoms with Crippen LogP contribution in [0, 0.1) is 5.92 Å². The van der Waals surface area contributed by atoms with Gasteiger partial charge in [-0.1, -0.05) is 0 Å². The topological polar surface area (TPSA) is 83.5 Å². The maximum atomic E-state index is 11.2. The summed E-state index contributed by atoms with van der Waals surface area (Å²) in [6, 6.07) is 0. The first-order valence-electron chi connectivity index (χ1n) is 4.69. The van der Waals surface area contributed by atoms with Gasteiger partial charge in [0.25, 0.3) is 0 Å². The second-order valence-electron chi connectivity index (χ2n) is 3.61. The average Bonchev–Trinajstić information content (AvgIpc) is 2.82. The molecule has 5 nitrogen and oxygen atoms in total. The molecule has 1 aliphatic carbocycles. The number of nitrogens with one attached hydrogen (secondary N) is 1. The summed E-state index contributed by atoms with van der Waals surface area (Å²) in [6.45, 7) is 0.509. The number of rotatable bonds is 7. The minimum atomic E-state index is -3.25. The number of carboxylic acid groups (broad SMARTS) is 1. The minimum absolute atomic E-state index is 0.0913. The van der Waals surface area contributed by atoms with Crippen LogP contribution in [0.15, 0.2) is 0 Å². The maximum Gasteiger partial charge on any atom is 0.303 e. The van der Waals surface area contributed by atoms with Gasteiger partial charge < -0.3 is 5.11 Å². The molecule has 0 aliphatic heterocycles. The van der Waals surface area contributed by atoms with Crippen molar-refractivity contribution in [3.8, 4) is 0 Å². The monoisotopic (exact) mass is 221 g/mol. The van der Waals surface area contributed by atoms with Crippen LogP contribution in [0.2, 0.25) is 0 Å². The third-order valence-electron chi connectivity index (χ3n) is 2.09. The van der Waals surface area contributed by atoms with E-state index < -0.39 is 16.0 Å². The van der Waals surface area contributed by atoms with Gasteiger partial charge in [0.15, 0.2) is 0 Å². The molecular weight excluding hydrogens is 206 g/mol. The number of hydrogen-bond donors (Lipinski definition) is 2. The molecule has 1 fully saturated rings. The second-order valence-corrected chi connectivity index (χ2v) is 5.53. The molecule has 1 saturated carbocycles. The molecule has 0 aromatic carbocycles. The fourth-order valence-corrected chi connectivity index (χ4v) is 2.21. The first kappa shape index (κ1) is 11.5. The molecule has 0 radical (unpaired) electrons. The molecular formula is C8H15NO4S. The molecule has 0 aromatic heterocycles. The molecule has 14 heavy (non-hydrogen) atoms. The van der Waals surface area contributed by atoms with Gasteiger partial charge in [-0.15, -0.1) is 0 Å². The highest BCUT2D eigenvalue weighted by molar-refractivity contribution is 7.89. The molecule has 0 bridgehead atoms. The van der Waals surface area contributed by atoms with Crippen LogP contribution >= 0.6 is 0 Å². The van der Waals surface area contributed by atoms with E-state index in [1.165, 1.54) is 0 Å². The van der Waals surface area contributed by atoms with E-state index in [1.807, 2.05) is 0 Å². The van der Waals surface area contributed by atoms with Crippen LogP contribution in [0.3, 0.4) is 0 Å². The maximum absolute atomic E-state index is 11.2. The normalized spacial score (nSPS) is 16.9. The molecule has 82 valence electrons. The van der Waals surface area contributed by atoms with Gasteiger partial charge in [-0.2, -0.15) is 0 Å². The molecule has 0 atom stereocenters. The van der Waals surface area contributed by atoms with Crippen LogP contribution < -0.4 is 4.72 Å². The Morgan fingerprint density at radius 1 is 1.43 bits per heavy atom. The van der Waals surface area contributed by atoms with Crippen molar-refractivity contribution in [1.82, 2.24) is 4.72 Å². The molecule has 1 rings (SSSR count). The fourth-order valence-electron chi connectivity index (χ4n) is 1.05. The predicted molar refractivity (Wildman–Crippen MR) is 51.4 cm³/mol. The van der Waals surface area contributed by atoms with Crippen molar-refractivity contribution < 1.29 is 18.3 Å². The number of aliphatic carboxylic acids is 1. The summed E-state index contributed by atoms with van der Waals surface area (Å²) >= 11 is 0. The van der Waals surface area contributed by atoms with Crippen molar-refractivity contribution in [2.75, 3.05) is 12.3 Å². The van der Waals surface area contributed by atoms with Crippen LogP contribution in [0.4, 0.5) is 0 Å². The van der Waals surface area contributed by atoms with Gasteiger partial charge in [-0.05, 0) is 25.2 Å². The molecule has 0 saturated heterocycles. The third-order valence-corrected chi connectivity index (χ3v) is 3.53. The fraction of sp³-hybridized carbons (Fsp3) is 0.875. The van der Waals surface area contributed by atoms with Crippen molar-refractivity contribution in [3.63, 3.8) is 0 Å². The summed E-state index contributed by atoms with van der Waals surface area (Å²) in [5.74, 6) is -0.543. The van der Waals surface area contributed by atoms with Crippen molar-refractivity contribution in [3.05, 3.63) is 0 Å². The third kappa shape index (κ3) is 5.18. The standard InChI is InChI=1S/C8H15NO4S/c10-8(11)2-1-5-14(12,13)9-6-7-3-4-7/h7,9H,1-6H2,(H,10,11). The first-order valence-corrected chi connectivity index (χ1v) is 6.34. The lowest BCUT2D eigenvalue weighted by molar-refractivity contribution is -0.137. The van der Waals surface area contributed by atoms with E-state index in [-0.39, 0.29) is 18.6 Å². The predicted octanol–water partition coefficient (Wildman–Crippen LogP) is 0.181. The Morgan fingerprint density at radius 3 is 2.57 bits per heavy atom. The molecule has 0 aromatic rings. The van der Waals surface area contributed by atoms with Crippen molar-refractivity contribution in [1.29, 1.82) is 0 Å². The van der Waals surface area contributed by atoms with Gasteiger partial charge in [0.2, 0.25) is 10.0 Å². The van der Waals surface area contributed by atoms with Crippen molar-refractivity contribution in [2.45, 2.75) is 25.7 Å². The van der Waals surface area contributed by atoms with E-state index in [0.717, 1.165) is 12.8 Å². The number of carboxylic acids is 1. The van der Waals surface area contributed by atoms with Crippen LogP contribution in [0.25, 0.3) is 0 Å². The van der Waals surface area contributed by atoms with Crippen molar-refractivity contribution in [2.24, 2.45) is 5.92 Å². The number of hydrogen-bond acceptors (Lipinski definition) is 3. The average molecular weight is 221 g/mol. The molecule has 0 spiro atoms. The van der Waals surface area contributed by atoms with Crippen LogP contribution in [0.1, 0.15) is 25.7 Å². The first-order chi connectivity index (χ1) is 6.49. The number of carbonyl (C=O) groups is 1. The van der Waals surface area contributed by atoms with Gasteiger partial charge in [0.1, 0.15) is 0 Å². The zero-order chi connectivity index (χ0) is 10.6. The largest absolute Gasteiger partial charge is 0.481 e. The van der Waals surface area contributed by atoms with E-state index in [1.54, 1.807) is 0 Å². The smallest absolute Gasteiger partial charge is 0.303 e. The molecule has 2 N–H and O–H groups in total. The zero-order valence-electron chi connectivity index (χ0n) is 7.90. The molecule has 0 amide bonds. The quantitative estimate of drug-likeness (QED) is 0.642. The molecule has 1 aliphatic rings. The lowest BCUT2D eigenvalue weighted by Gasteiger charge is -2.04. The summed E-state index contributed by atoms with van der Waals surface area (Å²) in [4.78, 5) is 10.1. The molecule has 0 unspecified atom stereocenters. The Hall–Kier alpha value is -0.620.